The maximum Gasteiger partial charge on any atom is 0.437 e. The molecule has 246 valence electrons. The molecule has 0 aliphatic carbocycles. The maximum atomic E-state index is 14.0. The van der Waals surface area contributed by atoms with E-state index in [1.54, 1.807) is 18.2 Å². The number of unbranched alkanes of at least 4 members (excludes halogenated alkanes) is 9. The number of rotatable bonds is 17. The Labute approximate surface area is 276 Å². The van der Waals surface area contributed by atoms with Gasteiger partial charge in [0.15, 0.2) is 0 Å². The number of likely N-dealkylation sites (N-methyl/N-ethyl adjacent to an activating group) is 1. The van der Waals surface area contributed by atoms with Gasteiger partial charge in [0, 0.05) is 36.8 Å². The second-order valence-corrected chi connectivity index (χ2v) is 14.2. The lowest BCUT2D eigenvalue weighted by atomic mass is 10.1. The van der Waals surface area contributed by atoms with E-state index in [1.165, 1.54) is 49.6 Å². The molecule has 0 saturated carbocycles. The third-order valence-corrected chi connectivity index (χ3v) is 10.1. The summed E-state index contributed by atoms with van der Waals surface area (Å²) in [5, 5.41) is 0.524. The van der Waals surface area contributed by atoms with Crippen LogP contribution in [0.5, 0.6) is 0 Å². The predicted octanol–water partition coefficient (Wildman–Crippen LogP) is 10.0. The first-order valence-electron chi connectivity index (χ1n) is 16.9. The molecule has 0 radical (unpaired) electrons. The Hall–Kier alpha value is -2.41. The number of amidine groups is 1. The first-order valence-corrected chi connectivity index (χ1v) is 18.8. The van der Waals surface area contributed by atoms with E-state index in [0.717, 1.165) is 69.7 Å². The van der Waals surface area contributed by atoms with Crippen molar-refractivity contribution in [1.29, 1.82) is 0 Å². The lowest BCUT2D eigenvalue weighted by Gasteiger charge is -2.35. The summed E-state index contributed by atoms with van der Waals surface area (Å²) >= 11 is 6.39. The number of benzene rings is 2. The van der Waals surface area contributed by atoms with Gasteiger partial charge in [-0.15, -0.1) is 0 Å². The van der Waals surface area contributed by atoms with Crippen LogP contribution in [-0.4, -0.2) is 60.4 Å². The Balaban J connectivity index is 1.27. The van der Waals surface area contributed by atoms with Gasteiger partial charge in [0.05, 0.1) is 23.7 Å². The summed E-state index contributed by atoms with van der Waals surface area (Å²) in [4.78, 5) is 21.0. The topological polar surface area (TPSA) is 68.6 Å². The van der Waals surface area contributed by atoms with Crippen molar-refractivity contribution in [2.75, 3.05) is 44.5 Å². The van der Waals surface area contributed by atoms with Gasteiger partial charge in [0.2, 0.25) is 0 Å². The smallest absolute Gasteiger partial charge is 0.353 e. The summed E-state index contributed by atoms with van der Waals surface area (Å²) < 4.78 is 21.2. The molecule has 2 heterocycles. The molecule has 7 nitrogen and oxygen atoms in total. The number of nitrogens with zero attached hydrogens (tertiary/aromatic N) is 4. The van der Waals surface area contributed by atoms with Crippen LogP contribution < -0.4 is 4.67 Å². The van der Waals surface area contributed by atoms with Crippen molar-refractivity contribution in [1.82, 2.24) is 9.80 Å². The minimum absolute atomic E-state index is 0.218. The highest BCUT2D eigenvalue weighted by atomic mass is 35.5. The molecule has 9 heteroatoms. The predicted molar refractivity (Wildman–Crippen MR) is 190 cm³/mol. The number of fused-ring (bicyclic) bond motifs is 2. The van der Waals surface area contributed by atoms with Crippen LogP contribution in [0.3, 0.4) is 0 Å². The quantitative estimate of drug-likeness (QED) is 0.104. The van der Waals surface area contributed by atoms with E-state index in [0.29, 0.717) is 22.1 Å². The van der Waals surface area contributed by atoms with Gasteiger partial charge in [-0.1, -0.05) is 93.5 Å². The molecule has 1 fully saturated rings. The van der Waals surface area contributed by atoms with Crippen molar-refractivity contribution < 1.29 is 14.0 Å². The molecule has 1 N–H and O–H groups in total. The summed E-state index contributed by atoms with van der Waals surface area (Å²) in [6.45, 7) is 5.94. The zero-order valence-electron chi connectivity index (χ0n) is 27.2. The molecule has 2 aromatic carbocycles. The number of allylic oxidation sites excluding steroid dienone is 4. The number of halogens is 1. The van der Waals surface area contributed by atoms with Gasteiger partial charge in [-0.05, 0) is 75.9 Å². The summed E-state index contributed by atoms with van der Waals surface area (Å²) in [5.41, 5.74) is 2.48. The van der Waals surface area contributed by atoms with Gasteiger partial charge < -0.3 is 14.7 Å². The minimum atomic E-state index is -4.26. The normalized spacial score (nSPS) is 16.9. The zero-order chi connectivity index (χ0) is 31.9. The van der Waals surface area contributed by atoms with Crippen molar-refractivity contribution in [2.45, 2.75) is 84.0 Å². The van der Waals surface area contributed by atoms with Crippen LogP contribution in [0.1, 0.15) is 89.5 Å². The number of piperazine rings is 1. The Morgan fingerprint density at radius 1 is 0.867 bits per heavy atom. The van der Waals surface area contributed by atoms with Crippen molar-refractivity contribution in [2.24, 2.45) is 4.99 Å². The summed E-state index contributed by atoms with van der Waals surface area (Å²) in [6.07, 6.45) is 22.8. The highest BCUT2D eigenvalue weighted by Gasteiger charge is 2.38. The van der Waals surface area contributed by atoms with Crippen LogP contribution in [0.15, 0.2) is 71.8 Å². The first-order chi connectivity index (χ1) is 21.9. The Bertz CT molecular complexity index is 1340. The van der Waals surface area contributed by atoms with E-state index in [4.69, 9.17) is 21.1 Å². The molecule has 0 amide bonds. The fraction of sp³-hybridized carbons (Fsp3) is 0.528. The summed E-state index contributed by atoms with van der Waals surface area (Å²) in [7, 11) is -2.15. The van der Waals surface area contributed by atoms with Crippen LogP contribution in [0.4, 0.5) is 17.1 Å². The lowest BCUT2D eigenvalue weighted by Crippen LogP contribution is -2.47. The second kappa shape index (κ2) is 18.7. The molecule has 4 rings (SSSR count). The number of aliphatic imine (C=N–C) groups is 1. The molecule has 1 atom stereocenters. The maximum absolute atomic E-state index is 14.0. The van der Waals surface area contributed by atoms with E-state index in [2.05, 4.69) is 48.1 Å². The molecule has 2 aliphatic heterocycles. The molecule has 2 aliphatic rings. The Morgan fingerprint density at radius 3 is 2.27 bits per heavy atom. The SMILES string of the molecule is CCCCCC=CCC=CCCCCCCCCOP(=O)(O)N1c2ccc(Cl)cc2N=C(N2CCN(C)CC2)c2ccccc21. The van der Waals surface area contributed by atoms with E-state index in [-0.39, 0.29) is 6.61 Å². The fourth-order valence-electron chi connectivity index (χ4n) is 5.78. The van der Waals surface area contributed by atoms with Crippen molar-refractivity contribution in [3.05, 3.63) is 77.4 Å². The van der Waals surface area contributed by atoms with Crippen LogP contribution in [-0.2, 0) is 9.09 Å². The van der Waals surface area contributed by atoms with Crippen LogP contribution in [0.2, 0.25) is 5.02 Å². The Morgan fingerprint density at radius 2 is 1.53 bits per heavy atom. The number of anilines is 2. The zero-order valence-corrected chi connectivity index (χ0v) is 28.9. The average Bonchev–Trinajstić information content (AvgIpc) is 3.17. The second-order valence-electron chi connectivity index (χ2n) is 12.1. The average molecular weight is 655 g/mol. The molecular formula is C36H52ClN4O3P. The van der Waals surface area contributed by atoms with Gasteiger partial charge >= 0.3 is 7.75 Å². The summed E-state index contributed by atoms with van der Waals surface area (Å²) in [5.74, 6) is 0.787. The molecule has 0 bridgehead atoms. The fourth-order valence-corrected chi connectivity index (χ4v) is 7.32. The van der Waals surface area contributed by atoms with Crippen LogP contribution in [0, 0.1) is 0 Å². The van der Waals surface area contributed by atoms with Gasteiger partial charge in [0.25, 0.3) is 0 Å². The van der Waals surface area contributed by atoms with Gasteiger partial charge in [-0.3, -0.25) is 4.52 Å². The van der Waals surface area contributed by atoms with E-state index in [9.17, 15) is 9.46 Å². The molecule has 0 aromatic heterocycles. The van der Waals surface area contributed by atoms with Gasteiger partial charge in [-0.2, -0.15) is 0 Å². The van der Waals surface area contributed by atoms with Crippen molar-refractivity contribution >= 4 is 42.2 Å². The monoisotopic (exact) mass is 654 g/mol. The van der Waals surface area contributed by atoms with Crippen molar-refractivity contribution in [3.8, 4) is 0 Å². The number of hydrogen-bond acceptors (Lipinski definition) is 5. The standard InChI is InChI=1S/C36H52ClN4O3P/c1-3-4-5-6-7-8-9-10-11-12-13-14-15-16-17-20-29-44-45(42,43)41-34-22-19-18-21-32(34)36(40-27-25-39(2)26-28-40)38-33-30-31(37)23-24-35(33)41/h7-8,10-11,18-19,21-24,30H,3-6,9,12-17,20,25-29H2,1-2H3,(H,42,43). The highest BCUT2D eigenvalue weighted by Crippen LogP contribution is 2.58. The number of para-hydroxylation sites is 1. The van der Waals surface area contributed by atoms with E-state index < -0.39 is 7.75 Å². The molecule has 1 saturated heterocycles. The first kappa shape index (κ1) is 35.4. The van der Waals surface area contributed by atoms with E-state index in [1.807, 2.05) is 24.3 Å². The molecule has 2 aromatic rings. The van der Waals surface area contributed by atoms with E-state index >= 15 is 0 Å². The van der Waals surface area contributed by atoms with Gasteiger partial charge in [0.1, 0.15) is 5.84 Å². The molecule has 45 heavy (non-hydrogen) atoms. The summed E-state index contributed by atoms with van der Waals surface area (Å²) in [6, 6.07) is 12.9. The van der Waals surface area contributed by atoms with Crippen LogP contribution >= 0.6 is 19.3 Å². The third kappa shape index (κ3) is 10.8. The largest absolute Gasteiger partial charge is 0.437 e. The lowest BCUT2D eigenvalue weighted by molar-refractivity contribution is 0.216. The van der Waals surface area contributed by atoms with Gasteiger partial charge in [-0.25, -0.2) is 14.2 Å². The minimum Gasteiger partial charge on any atom is -0.353 e. The van der Waals surface area contributed by atoms with Crippen molar-refractivity contribution in [3.63, 3.8) is 0 Å². The highest BCUT2D eigenvalue weighted by molar-refractivity contribution is 7.55. The molecule has 0 spiro atoms. The number of hydrogen-bond donors (Lipinski definition) is 1. The molecule has 1 unspecified atom stereocenters. The van der Waals surface area contributed by atoms with Crippen LogP contribution in [0.25, 0.3) is 0 Å². The molecular weight excluding hydrogens is 603 g/mol. The Kier molecular flexibility index (Phi) is 14.7. The third-order valence-electron chi connectivity index (χ3n) is 8.43.